The largest absolute Gasteiger partial charge is 0.349 e. The van der Waals surface area contributed by atoms with E-state index < -0.39 is 0 Å². The van der Waals surface area contributed by atoms with Gasteiger partial charge in [-0.25, -0.2) is 4.98 Å². The lowest BCUT2D eigenvalue weighted by Crippen LogP contribution is -2.26. The SMILES string of the molecule is CCc1nc(CNCCC(=O)N(C)C)cs1. The van der Waals surface area contributed by atoms with Crippen LogP contribution in [0.25, 0.3) is 0 Å². The molecule has 0 spiro atoms. The van der Waals surface area contributed by atoms with Gasteiger partial charge in [-0.2, -0.15) is 0 Å². The molecule has 1 amide bonds. The van der Waals surface area contributed by atoms with Crippen LogP contribution >= 0.6 is 11.3 Å². The first-order chi connectivity index (χ1) is 7.63. The van der Waals surface area contributed by atoms with Gasteiger partial charge in [-0.3, -0.25) is 4.79 Å². The molecule has 1 heterocycles. The first-order valence-corrected chi connectivity index (χ1v) is 6.35. The number of carbonyl (C=O) groups excluding carboxylic acids is 1. The highest BCUT2D eigenvalue weighted by atomic mass is 32.1. The van der Waals surface area contributed by atoms with E-state index in [0.29, 0.717) is 13.0 Å². The van der Waals surface area contributed by atoms with Gasteiger partial charge in [0.05, 0.1) is 10.7 Å². The fraction of sp³-hybridized carbons (Fsp3) is 0.636. The molecule has 90 valence electrons. The highest BCUT2D eigenvalue weighted by Gasteiger charge is 2.03. The maximum Gasteiger partial charge on any atom is 0.223 e. The van der Waals surface area contributed by atoms with Gasteiger partial charge in [-0.05, 0) is 6.42 Å². The zero-order valence-corrected chi connectivity index (χ0v) is 10.9. The smallest absolute Gasteiger partial charge is 0.223 e. The van der Waals surface area contributed by atoms with Gasteiger partial charge in [0.15, 0.2) is 0 Å². The summed E-state index contributed by atoms with van der Waals surface area (Å²) >= 11 is 1.69. The molecule has 0 bridgehead atoms. The van der Waals surface area contributed by atoms with Crippen LogP contribution in [0.3, 0.4) is 0 Å². The van der Waals surface area contributed by atoms with Crippen molar-refractivity contribution in [1.29, 1.82) is 0 Å². The number of thiazole rings is 1. The van der Waals surface area contributed by atoms with Gasteiger partial charge in [0.2, 0.25) is 5.91 Å². The van der Waals surface area contributed by atoms with Crippen LogP contribution in [0.4, 0.5) is 0 Å². The van der Waals surface area contributed by atoms with Crippen LogP contribution in [0, 0.1) is 0 Å². The first kappa shape index (κ1) is 13.1. The normalized spacial score (nSPS) is 10.4. The minimum atomic E-state index is 0.153. The zero-order valence-electron chi connectivity index (χ0n) is 10.1. The second-order valence-electron chi connectivity index (χ2n) is 3.80. The number of rotatable bonds is 6. The quantitative estimate of drug-likeness (QED) is 0.763. The summed E-state index contributed by atoms with van der Waals surface area (Å²) in [6, 6.07) is 0. The van der Waals surface area contributed by atoms with Gasteiger partial charge in [-0.15, -0.1) is 11.3 Å². The molecule has 0 radical (unpaired) electrons. The van der Waals surface area contributed by atoms with Crippen molar-refractivity contribution in [3.05, 3.63) is 16.1 Å². The molecule has 1 N–H and O–H groups in total. The minimum Gasteiger partial charge on any atom is -0.349 e. The number of hydrogen-bond acceptors (Lipinski definition) is 4. The minimum absolute atomic E-state index is 0.153. The summed E-state index contributed by atoms with van der Waals surface area (Å²) in [4.78, 5) is 17.3. The Morgan fingerprint density at radius 2 is 2.31 bits per heavy atom. The molecule has 0 aliphatic rings. The van der Waals surface area contributed by atoms with Crippen molar-refractivity contribution in [2.75, 3.05) is 20.6 Å². The van der Waals surface area contributed by atoms with E-state index in [9.17, 15) is 4.79 Å². The number of aryl methyl sites for hydroxylation is 1. The van der Waals surface area contributed by atoms with Crippen molar-refractivity contribution in [2.24, 2.45) is 0 Å². The molecule has 0 saturated carbocycles. The Labute approximate surface area is 101 Å². The molecule has 0 aliphatic heterocycles. The number of aromatic nitrogens is 1. The molecule has 1 rings (SSSR count). The van der Waals surface area contributed by atoms with Crippen LogP contribution in [-0.2, 0) is 17.8 Å². The van der Waals surface area contributed by atoms with E-state index in [-0.39, 0.29) is 5.91 Å². The topological polar surface area (TPSA) is 45.2 Å². The first-order valence-electron chi connectivity index (χ1n) is 5.47. The summed E-state index contributed by atoms with van der Waals surface area (Å²) in [6.07, 6.45) is 1.53. The van der Waals surface area contributed by atoms with E-state index in [2.05, 4.69) is 22.6 Å². The lowest BCUT2D eigenvalue weighted by atomic mass is 10.3. The third-order valence-corrected chi connectivity index (χ3v) is 3.26. The highest BCUT2D eigenvalue weighted by Crippen LogP contribution is 2.09. The number of nitrogens with one attached hydrogen (secondary N) is 1. The van der Waals surface area contributed by atoms with E-state index in [0.717, 1.165) is 18.7 Å². The number of carbonyl (C=O) groups is 1. The van der Waals surface area contributed by atoms with Crippen molar-refractivity contribution >= 4 is 17.2 Å². The second kappa shape index (κ2) is 6.60. The molecule has 1 aromatic heterocycles. The standard InChI is InChI=1S/C11H19N3OS/c1-4-10-13-9(8-16-10)7-12-6-5-11(15)14(2)3/h8,12H,4-7H2,1-3H3. The fourth-order valence-corrected chi connectivity index (χ4v) is 1.97. The molecular weight excluding hydrogens is 222 g/mol. The van der Waals surface area contributed by atoms with Gasteiger partial charge in [0.1, 0.15) is 0 Å². The molecule has 0 aromatic carbocycles. The summed E-state index contributed by atoms with van der Waals surface area (Å²) in [7, 11) is 3.55. The van der Waals surface area contributed by atoms with Crippen molar-refractivity contribution < 1.29 is 4.79 Å². The lowest BCUT2D eigenvalue weighted by molar-refractivity contribution is -0.128. The van der Waals surface area contributed by atoms with Crippen LogP contribution in [-0.4, -0.2) is 36.4 Å². The zero-order chi connectivity index (χ0) is 12.0. The maximum atomic E-state index is 11.3. The molecule has 1 aromatic rings. The van der Waals surface area contributed by atoms with Gasteiger partial charge in [0.25, 0.3) is 0 Å². The summed E-state index contributed by atoms with van der Waals surface area (Å²) in [5, 5.41) is 6.46. The van der Waals surface area contributed by atoms with E-state index in [1.165, 1.54) is 5.01 Å². The third-order valence-electron chi connectivity index (χ3n) is 2.22. The summed E-state index contributed by atoms with van der Waals surface area (Å²) in [5.41, 5.74) is 1.07. The lowest BCUT2D eigenvalue weighted by Gasteiger charge is -2.09. The molecule has 16 heavy (non-hydrogen) atoms. The Bertz CT molecular complexity index is 336. The molecule has 0 atom stereocenters. The number of nitrogens with zero attached hydrogens (tertiary/aromatic N) is 2. The fourth-order valence-electron chi connectivity index (χ4n) is 1.23. The van der Waals surface area contributed by atoms with Gasteiger partial charge < -0.3 is 10.2 Å². The van der Waals surface area contributed by atoms with E-state index in [1.807, 2.05) is 0 Å². The monoisotopic (exact) mass is 241 g/mol. The summed E-state index contributed by atoms with van der Waals surface area (Å²) in [5.74, 6) is 0.153. The Hall–Kier alpha value is -0.940. The second-order valence-corrected chi connectivity index (χ2v) is 4.74. The van der Waals surface area contributed by atoms with Gasteiger partial charge >= 0.3 is 0 Å². The predicted molar refractivity (Wildman–Crippen MR) is 66.5 cm³/mol. The Morgan fingerprint density at radius 1 is 1.56 bits per heavy atom. The van der Waals surface area contributed by atoms with Crippen LogP contribution in [0.5, 0.6) is 0 Å². The summed E-state index contributed by atoms with van der Waals surface area (Å²) < 4.78 is 0. The van der Waals surface area contributed by atoms with Crippen LogP contribution in [0.1, 0.15) is 24.0 Å². The van der Waals surface area contributed by atoms with Crippen LogP contribution in [0.15, 0.2) is 5.38 Å². The molecule has 0 aliphatic carbocycles. The van der Waals surface area contributed by atoms with Gasteiger partial charge in [-0.1, -0.05) is 6.92 Å². The van der Waals surface area contributed by atoms with E-state index in [4.69, 9.17) is 0 Å². The molecule has 4 nitrogen and oxygen atoms in total. The summed E-state index contributed by atoms with van der Waals surface area (Å²) in [6.45, 7) is 3.55. The Morgan fingerprint density at radius 3 is 2.88 bits per heavy atom. The number of amides is 1. The average molecular weight is 241 g/mol. The highest BCUT2D eigenvalue weighted by molar-refractivity contribution is 7.09. The van der Waals surface area contributed by atoms with Crippen LogP contribution in [0.2, 0.25) is 0 Å². The van der Waals surface area contributed by atoms with Crippen molar-refractivity contribution in [2.45, 2.75) is 26.3 Å². The molecule has 0 saturated heterocycles. The third kappa shape index (κ3) is 4.28. The predicted octanol–water partition coefficient (Wildman–Crippen LogP) is 1.27. The molecule has 0 unspecified atom stereocenters. The van der Waals surface area contributed by atoms with Crippen molar-refractivity contribution in [1.82, 2.24) is 15.2 Å². The molecular formula is C11H19N3OS. The number of hydrogen-bond donors (Lipinski definition) is 1. The van der Waals surface area contributed by atoms with E-state index >= 15 is 0 Å². The average Bonchev–Trinajstić information content (AvgIpc) is 2.71. The van der Waals surface area contributed by atoms with E-state index in [1.54, 1.807) is 30.3 Å². The van der Waals surface area contributed by atoms with Crippen molar-refractivity contribution in [3.8, 4) is 0 Å². The van der Waals surface area contributed by atoms with Gasteiger partial charge in [0, 0.05) is 39.0 Å². The molecule has 5 heteroatoms. The Balaban J connectivity index is 2.18. The Kier molecular flexibility index (Phi) is 5.42. The maximum absolute atomic E-state index is 11.3. The molecule has 0 fully saturated rings. The van der Waals surface area contributed by atoms with Crippen molar-refractivity contribution in [3.63, 3.8) is 0 Å². The van der Waals surface area contributed by atoms with Crippen LogP contribution < -0.4 is 5.32 Å².